The van der Waals surface area contributed by atoms with Gasteiger partial charge in [-0.2, -0.15) is 0 Å². The van der Waals surface area contributed by atoms with Gasteiger partial charge in [-0.15, -0.1) is 0 Å². The van der Waals surface area contributed by atoms with Gasteiger partial charge in [-0.3, -0.25) is 14.4 Å². The zero-order valence-electron chi connectivity index (χ0n) is 17.6. The number of rotatable bonds is 6. The van der Waals surface area contributed by atoms with Crippen LogP contribution in [-0.2, 0) is 0 Å². The molecule has 0 bridgehead atoms. The molecule has 0 aliphatic rings. The minimum atomic E-state index is -0.300. The molecule has 0 atom stereocenters. The van der Waals surface area contributed by atoms with Gasteiger partial charge in [-0.05, 0) is 72.8 Å². The summed E-state index contributed by atoms with van der Waals surface area (Å²) >= 11 is 0. The Labute approximate surface area is 191 Å². The third-order valence-corrected chi connectivity index (χ3v) is 4.88. The number of nitrogens with one attached hydrogen (secondary N) is 3. The predicted octanol–water partition coefficient (Wildman–Crippen LogP) is 5.44. The van der Waals surface area contributed by atoms with Crippen LogP contribution in [0.1, 0.15) is 31.1 Å². The summed E-state index contributed by atoms with van der Waals surface area (Å²) in [4.78, 5) is 37.1. The highest BCUT2D eigenvalue weighted by Gasteiger charge is 2.10. The number of benzene rings is 4. The van der Waals surface area contributed by atoms with Crippen molar-refractivity contribution >= 4 is 34.8 Å². The van der Waals surface area contributed by atoms with Crippen molar-refractivity contribution in [2.24, 2.45) is 0 Å². The molecule has 4 aromatic rings. The maximum Gasteiger partial charge on any atom is 0.255 e. The van der Waals surface area contributed by atoms with Crippen molar-refractivity contribution in [3.63, 3.8) is 0 Å². The molecule has 0 fully saturated rings. The van der Waals surface area contributed by atoms with E-state index in [9.17, 15) is 14.4 Å². The van der Waals surface area contributed by atoms with E-state index >= 15 is 0 Å². The van der Waals surface area contributed by atoms with E-state index in [1.54, 1.807) is 84.9 Å². The maximum atomic E-state index is 12.6. The zero-order valence-corrected chi connectivity index (χ0v) is 17.6. The van der Waals surface area contributed by atoms with E-state index in [0.29, 0.717) is 33.8 Å². The topological polar surface area (TPSA) is 87.3 Å². The van der Waals surface area contributed by atoms with Crippen LogP contribution in [-0.4, -0.2) is 17.7 Å². The minimum absolute atomic E-state index is 0.205. The molecule has 33 heavy (non-hydrogen) atoms. The summed E-state index contributed by atoms with van der Waals surface area (Å²) in [5.41, 5.74) is 3.35. The van der Waals surface area contributed by atoms with Crippen LogP contribution in [0.15, 0.2) is 109 Å². The molecule has 4 aromatic carbocycles. The van der Waals surface area contributed by atoms with Crippen LogP contribution in [0.5, 0.6) is 0 Å². The normalized spacial score (nSPS) is 10.2. The number of carbonyl (C=O) groups excluding carboxylic acids is 3. The van der Waals surface area contributed by atoms with Gasteiger partial charge in [0.1, 0.15) is 0 Å². The van der Waals surface area contributed by atoms with Gasteiger partial charge in [0.15, 0.2) is 0 Å². The average molecular weight is 435 g/mol. The lowest BCUT2D eigenvalue weighted by Crippen LogP contribution is -2.14. The molecule has 162 valence electrons. The van der Waals surface area contributed by atoms with Crippen LogP contribution < -0.4 is 16.0 Å². The van der Waals surface area contributed by atoms with E-state index in [1.807, 2.05) is 24.3 Å². The zero-order chi connectivity index (χ0) is 23.0. The molecular formula is C27H21N3O3. The second kappa shape index (κ2) is 10.1. The number of anilines is 3. The first-order valence-electron chi connectivity index (χ1n) is 10.3. The Bertz CT molecular complexity index is 1250. The molecule has 6 nitrogen and oxygen atoms in total. The average Bonchev–Trinajstić information content (AvgIpc) is 2.86. The Balaban J connectivity index is 1.34. The minimum Gasteiger partial charge on any atom is -0.322 e. The summed E-state index contributed by atoms with van der Waals surface area (Å²) in [6, 6.07) is 31.3. The molecule has 0 radical (unpaired) electrons. The summed E-state index contributed by atoms with van der Waals surface area (Å²) in [5.74, 6) is -0.754. The first-order valence-corrected chi connectivity index (χ1v) is 10.3. The van der Waals surface area contributed by atoms with Crippen molar-refractivity contribution in [2.45, 2.75) is 0 Å². The molecule has 0 spiro atoms. The van der Waals surface area contributed by atoms with Gasteiger partial charge < -0.3 is 16.0 Å². The van der Waals surface area contributed by atoms with Gasteiger partial charge in [0.25, 0.3) is 17.7 Å². The van der Waals surface area contributed by atoms with E-state index in [1.165, 1.54) is 0 Å². The van der Waals surface area contributed by atoms with E-state index in [4.69, 9.17) is 0 Å². The third-order valence-electron chi connectivity index (χ3n) is 4.88. The largest absolute Gasteiger partial charge is 0.322 e. The Morgan fingerprint density at radius 2 is 0.667 bits per heavy atom. The number of amides is 3. The molecule has 6 heteroatoms. The quantitative estimate of drug-likeness (QED) is 0.377. The monoisotopic (exact) mass is 435 g/mol. The van der Waals surface area contributed by atoms with Crippen LogP contribution in [0.3, 0.4) is 0 Å². The second-order valence-corrected chi connectivity index (χ2v) is 7.25. The Kier molecular flexibility index (Phi) is 6.56. The van der Waals surface area contributed by atoms with Gasteiger partial charge in [-0.25, -0.2) is 0 Å². The molecule has 4 rings (SSSR count). The summed E-state index contributed by atoms with van der Waals surface area (Å²) in [7, 11) is 0. The third kappa shape index (κ3) is 5.71. The molecule has 3 N–H and O–H groups in total. The van der Waals surface area contributed by atoms with E-state index < -0.39 is 0 Å². The first kappa shape index (κ1) is 21.5. The smallest absolute Gasteiger partial charge is 0.255 e. The van der Waals surface area contributed by atoms with Crippen molar-refractivity contribution in [3.05, 3.63) is 126 Å². The molecule has 0 heterocycles. The number of carbonyl (C=O) groups is 3. The summed E-state index contributed by atoms with van der Waals surface area (Å²) in [6.45, 7) is 0. The highest BCUT2D eigenvalue weighted by Crippen LogP contribution is 2.16. The van der Waals surface area contributed by atoms with Gasteiger partial charge in [0.05, 0.1) is 0 Å². The molecule has 0 aliphatic heterocycles. The first-order chi connectivity index (χ1) is 16.1. The molecule has 0 unspecified atom stereocenters. The number of hydrogen-bond acceptors (Lipinski definition) is 3. The van der Waals surface area contributed by atoms with Crippen LogP contribution in [0.4, 0.5) is 17.1 Å². The SMILES string of the molecule is O=C(Nc1ccc(NC(=O)c2ccc(C(=O)Nc3ccccc3)cc2)cc1)c1ccccc1. The summed E-state index contributed by atoms with van der Waals surface area (Å²) in [6.07, 6.45) is 0. The van der Waals surface area contributed by atoms with Crippen molar-refractivity contribution in [3.8, 4) is 0 Å². The van der Waals surface area contributed by atoms with Gasteiger partial charge in [0.2, 0.25) is 0 Å². The van der Waals surface area contributed by atoms with Crippen molar-refractivity contribution < 1.29 is 14.4 Å². The predicted molar refractivity (Wildman–Crippen MR) is 130 cm³/mol. The second-order valence-electron chi connectivity index (χ2n) is 7.25. The molecule has 0 aromatic heterocycles. The van der Waals surface area contributed by atoms with Crippen molar-refractivity contribution in [1.29, 1.82) is 0 Å². The Morgan fingerprint density at radius 1 is 0.364 bits per heavy atom. The molecular weight excluding hydrogens is 414 g/mol. The Morgan fingerprint density at radius 3 is 1.06 bits per heavy atom. The fourth-order valence-corrected chi connectivity index (χ4v) is 3.13. The molecule has 3 amide bonds. The maximum absolute atomic E-state index is 12.6. The fraction of sp³-hybridized carbons (Fsp3) is 0. The lowest BCUT2D eigenvalue weighted by molar-refractivity contribution is 0.101. The van der Waals surface area contributed by atoms with Gasteiger partial charge in [-0.1, -0.05) is 36.4 Å². The molecule has 0 saturated carbocycles. The highest BCUT2D eigenvalue weighted by atomic mass is 16.2. The van der Waals surface area contributed by atoms with E-state index in [-0.39, 0.29) is 17.7 Å². The van der Waals surface area contributed by atoms with Crippen LogP contribution >= 0.6 is 0 Å². The van der Waals surface area contributed by atoms with Crippen molar-refractivity contribution in [2.75, 3.05) is 16.0 Å². The molecule has 0 aliphatic carbocycles. The lowest BCUT2D eigenvalue weighted by atomic mass is 10.1. The van der Waals surface area contributed by atoms with Crippen LogP contribution in [0.25, 0.3) is 0 Å². The van der Waals surface area contributed by atoms with Crippen LogP contribution in [0.2, 0.25) is 0 Å². The Hall–Kier alpha value is -4.71. The van der Waals surface area contributed by atoms with E-state index in [0.717, 1.165) is 0 Å². The summed E-state index contributed by atoms with van der Waals surface area (Å²) in [5, 5.41) is 8.43. The number of hydrogen-bond donors (Lipinski definition) is 3. The number of para-hydroxylation sites is 1. The van der Waals surface area contributed by atoms with Gasteiger partial charge >= 0.3 is 0 Å². The van der Waals surface area contributed by atoms with Crippen molar-refractivity contribution in [1.82, 2.24) is 0 Å². The standard InChI is InChI=1S/C27H21N3O3/c31-25(19-7-3-1-4-8-19)29-23-15-17-24(18-16-23)30-27(33)21-13-11-20(12-14-21)26(32)28-22-9-5-2-6-10-22/h1-18H,(H,28,32)(H,29,31)(H,30,33). The lowest BCUT2D eigenvalue weighted by Gasteiger charge is -2.09. The fourth-order valence-electron chi connectivity index (χ4n) is 3.13. The highest BCUT2D eigenvalue weighted by molar-refractivity contribution is 6.07. The van der Waals surface area contributed by atoms with Crippen LogP contribution in [0, 0.1) is 0 Å². The van der Waals surface area contributed by atoms with E-state index in [2.05, 4.69) is 16.0 Å². The summed E-state index contributed by atoms with van der Waals surface area (Å²) < 4.78 is 0. The molecule has 0 saturated heterocycles. The van der Waals surface area contributed by atoms with Gasteiger partial charge in [0, 0.05) is 33.8 Å².